The van der Waals surface area contributed by atoms with Gasteiger partial charge in [0.05, 0.1) is 36.6 Å². The maximum absolute atomic E-state index is 15.3. The third-order valence-electron chi connectivity index (χ3n) is 11.8. The van der Waals surface area contributed by atoms with Crippen molar-refractivity contribution in [2.75, 3.05) is 25.1 Å². The number of aryl methyl sites for hydroxylation is 2. The van der Waals surface area contributed by atoms with Crippen LogP contribution in [0.15, 0.2) is 104 Å². The Balaban J connectivity index is 1.40. The minimum atomic E-state index is -1.34. The van der Waals surface area contributed by atoms with Gasteiger partial charge in [-0.05, 0) is 68.7 Å². The molecule has 3 fully saturated rings. The van der Waals surface area contributed by atoms with Crippen molar-refractivity contribution in [3.63, 3.8) is 0 Å². The molecule has 3 aliphatic rings. The molecule has 3 aromatic carbocycles. The fourth-order valence-electron chi connectivity index (χ4n) is 9.09. The molecule has 0 unspecified atom stereocenters. The highest BCUT2D eigenvalue weighted by molar-refractivity contribution is 6.05. The summed E-state index contributed by atoms with van der Waals surface area (Å²) in [4.78, 5) is 63.0. The van der Waals surface area contributed by atoms with Gasteiger partial charge in [-0.3, -0.25) is 19.2 Å². The molecule has 3 amide bonds. The zero-order chi connectivity index (χ0) is 39.4. The van der Waals surface area contributed by atoms with Gasteiger partial charge in [0.1, 0.15) is 17.7 Å². The Morgan fingerprint density at radius 3 is 2.27 bits per heavy atom. The first-order valence-electron chi connectivity index (χ1n) is 19.2. The number of aliphatic hydroxyl groups excluding tert-OH is 1. The number of carbonyl (C=O) groups is 4. The molecular weight excluding hydrogens is 695 g/mol. The second-order valence-electron chi connectivity index (χ2n) is 15.1. The fraction of sp³-hybridized carbons (Fsp3) is 0.422. The molecule has 3 saturated heterocycles. The van der Waals surface area contributed by atoms with Crippen molar-refractivity contribution in [3.8, 4) is 0 Å². The van der Waals surface area contributed by atoms with E-state index in [-0.39, 0.29) is 24.8 Å². The number of allylic oxidation sites excluding steroid dienone is 1. The number of likely N-dealkylation sites (N-methyl/N-ethyl adjacent to an activating group) is 1. The Morgan fingerprint density at radius 2 is 1.65 bits per heavy atom. The van der Waals surface area contributed by atoms with Gasteiger partial charge in [0.15, 0.2) is 0 Å². The maximum atomic E-state index is 15.3. The van der Waals surface area contributed by atoms with Gasteiger partial charge >= 0.3 is 5.97 Å². The summed E-state index contributed by atoms with van der Waals surface area (Å²) in [6.45, 7) is 13.2. The maximum Gasteiger partial charge on any atom is 0.313 e. The monoisotopic (exact) mass is 747 g/mol. The van der Waals surface area contributed by atoms with Crippen LogP contribution in [0.1, 0.15) is 61.0 Å². The van der Waals surface area contributed by atoms with Crippen LogP contribution in [0.3, 0.4) is 0 Å². The molecule has 8 atom stereocenters. The van der Waals surface area contributed by atoms with Gasteiger partial charge < -0.3 is 29.3 Å². The van der Waals surface area contributed by atoms with Crippen molar-refractivity contribution in [2.24, 2.45) is 11.8 Å². The number of rotatable bonds is 16. The number of ether oxygens (including phenoxy) is 2. The minimum Gasteiger partial charge on any atom is -0.455 e. The van der Waals surface area contributed by atoms with E-state index in [4.69, 9.17) is 9.47 Å². The fourth-order valence-corrected chi connectivity index (χ4v) is 9.09. The number of anilines is 1. The predicted molar refractivity (Wildman–Crippen MR) is 211 cm³/mol. The van der Waals surface area contributed by atoms with E-state index in [1.54, 1.807) is 29.0 Å². The first-order chi connectivity index (χ1) is 26.5. The second kappa shape index (κ2) is 16.8. The van der Waals surface area contributed by atoms with E-state index in [9.17, 15) is 14.7 Å². The number of amides is 3. The zero-order valence-electron chi connectivity index (χ0n) is 32.3. The summed E-state index contributed by atoms with van der Waals surface area (Å²) in [5.74, 6) is -3.54. The molecule has 3 aliphatic heterocycles. The van der Waals surface area contributed by atoms with E-state index < -0.39 is 66.3 Å². The highest BCUT2D eigenvalue weighted by Crippen LogP contribution is 2.59. The van der Waals surface area contributed by atoms with Gasteiger partial charge in [0, 0.05) is 25.7 Å². The SMILES string of the molecule is C=CCCC(=O)N(C)[C@H](C)[C@H](OC(=O)[C@@H]1[C@@H]2CC[C@]3(O2)[C@H](C(=O)N(CC=C)c2c(C)cccc2C)N([C@@H](CO)Cc2ccccc2)C(=O)[C@@H]13)c1ccccc1. The number of esters is 1. The van der Waals surface area contributed by atoms with Crippen LogP contribution in [-0.4, -0.2) is 88.6 Å². The smallest absolute Gasteiger partial charge is 0.313 e. The molecule has 10 heteroatoms. The van der Waals surface area contributed by atoms with Gasteiger partial charge in [-0.1, -0.05) is 91.0 Å². The van der Waals surface area contributed by atoms with E-state index in [1.165, 1.54) is 4.90 Å². The van der Waals surface area contributed by atoms with Crippen LogP contribution in [0.2, 0.25) is 0 Å². The van der Waals surface area contributed by atoms with Gasteiger partial charge in [-0.25, -0.2) is 0 Å². The summed E-state index contributed by atoms with van der Waals surface area (Å²) in [5.41, 5.74) is 2.74. The molecule has 10 nitrogen and oxygen atoms in total. The number of likely N-dealkylation sites (tertiary alicyclic amines) is 1. The quantitative estimate of drug-likeness (QED) is 0.143. The van der Waals surface area contributed by atoms with E-state index in [0.717, 1.165) is 22.4 Å². The molecule has 6 rings (SSSR count). The summed E-state index contributed by atoms with van der Waals surface area (Å²) in [6, 6.07) is 22.1. The number of benzene rings is 3. The lowest BCUT2D eigenvalue weighted by Crippen LogP contribution is -2.59. The molecule has 1 N–H and O–H groups in total. The second-order valence-corrected chi connectivity index (χ2v) is 15.1. The lowest BCUT2D eigenvalue weighted by atomic mass is 9.70. The van der Waals surface area contributed by atoms with Crippen LogP contribution < -0.4 is 4.90 Å². The van der Waals surface area contributed by atoms with Crippen molar-refractivity contribution < 1.29 is 33.8 Å². The number of fused-ring (bicyclic) bond motifs is 1. The molecule has 3 aromatic rings. The van der Waals surface area contributed by atoms with Crippen LogP contribution >= 0.6 is 0 Å². The Hall–Kier alpha value is -5.06. The standard InChI is InChI=1S/C45H53N3O7/c1-7-9-23-36(50)46(6)31(5)40(33-21-14-11-15-22-33)54-44(53)37-35-24-25-45(55-35)38(37)42(51)48(34(28-49)27-32-19-12-10-13-20-32)41(45)43(52)47(26-8-2)39-29(3)17-16-18-30(39)4/h7-8,10-22,31,34-35,37-38,40-41,49H,1-2,9,23-28H2,3-6H3/t31-,34-,35+,37-,38-,40+,41+,45-/m1/s1. The van der Waals surface area contributed by atoms with Crippen molar-refractivity contribution in [1.29, 1.82) is 0 Å². The number of para-hydroxylation sites is 1. The molecule has 0 aliphatic carbocycles. The van der Waals surface area contributed by atoms with Crippen LogP contribution in [-0.2, 0) is 35.1 Å². The molecule has 290 valence electrons. The van der Waals surface area contributed by atoms with E-state index in [1.807, 2.05) is 99.6 Å². The number of aliphatic hydroxyl groups is 1. The Morgan fingerprint density at radius 1 is 1.00 bits per heavy atom. The number of nitrogens with zero attached hydrogens (tertiary/aromatic N) is 3. The van der Waals surface area contributed by atoms with Crippen molar-refractivity contribution >= 4 is 29.4 Å². The van der Waals surface area contributed by atoms with Crippen molar-refractivity contribution in [3.05, 3.63) is 126 Å². The largest absolute Gasteiger partial charge is 0.455 e. The van der Waals surface area contributed by atoms with E-state index in [2.05, 4.69) is 13.2 Å². The average Bonchev–Trinajstić information content (AvgIpc) is 3.84. The van der Waals surface area contributed by atoms with Crippen molar-refractivity contribution in [1.82, 2.24) is 9.80 Å². The molecule has 0 radical (unpaired) electrons. The summed E-state index contributed by atoms with van der Waals surface area (Å²) in [7, 11) is 1.69. The van der Waals surface area contributed by atoms with Crippen LogP contribution in [0.4, 0.5) is 5.69 Å². The molecule has 2 bridgehead atoms. The number of hydrogen-bond acceptors (Lipinski definition) is 7. The summed E-state index contributed by atoms with van der Waals surface area (Å²) >= 11 is 0. The highest BCUT2D eigenvalue weighted by Gasteiger charge is 2.76. The van der Waals surface area contributed by atoms with E-state index in [0.29, 0.717) is 31.2 Å². The third kappa shape index (κ3) is 7.37. The normalized spacial score (nSPS) is 24.1. The average molecular weight is 748 g/mol. The summed E-state index contributed by atoms with van der Waals surface area (Å²) in [6.07, 6.45) is 3.74. The molecule has 55 heavy (non-hydrogen) atoms. The third-order valence-corrected chi connectivity index (χ3v) is 11.8. The topological polar surface area (TPSA) is 117 Å². The first kappa shape index (κ1) is 39.6. The summed E-state index contributed by atoms with van der Waals surface area (Å²) < 4.78 is 13.2. The molecule has 1 spiro atoms. The van der Waals surface area contributed by atoms with Crippen LogP contribution in [0, 0.1) is 25.7 Å². The van der Waals surface area contributed by atoms with Gasteiger partial charge in [0.25, 0.3) is 5.91 Å². The zero-order valence-corrected chi connectivity index (χ0v) is 32.3. The lowest BCUT2D eigenvalue weighted by molar-refractivity contribution is -0.165. The van der Waals surface area contributed by atoms with Gasteiger partial charge in [-0.15, -0.1) is 13.2 Å². The molecular formula is C45H53N3O7. The minimum absolute atomic E-state index is 0.115. The lowest BCUT2D eigenvalue weighted by Gasteiger charge is -2.40. The predicted octanol–water partition coefficient (Wildman–Crippen LogP) is 5.90. The number of carbonyl (C=O) groups excluding carboxylic acids is 4. The Labute approximate surface area is 324 Å². The number of hydrogen-bond donors (Lipinski definition) is 1. The molecule has 0 saturated carbocycles. The van der Waals surface area contributed by atoms with Crippen LogP contribution in [0.5, 0.6) is 0 Å². The molecule has 3 heterocycles. The first-order valence-corrected chi connectivity index (χ1v) is 19.2. The Bertz CT molecular complexity index is 1880. The van der Waals surface area contributed by atoms with E-state index >= 15 is 9.59 Å². The van der Waals surface area contributed by atoms with Gasteiger partial charge in [0.2, 0.25) is 11.8 Å². The van der Waals surface area contributed by atoms with Crippen LogP contribution in [0.25, 0.3) is 0 Å². The van der Waals surface area contributed by atoms with Gasteiger partial charge in [-0.2, -0.15) is 0 Å². The summed E-state index contributed by atoms with van der Waals surface area (Å²) in [5, 5.41) is 11.0. The van der Waals surface area contributed by atoms with Crippen molar-refractivity contribution in [2.45, 2.75) is 88.8 Å². The highest BCUT2D eigenvalue weighted by atomic mass is 16.6. The molecule has 0 aromatic heterocycles. The Kier molecular flexibility index (Phi) is 12.1.